The SMILES string of the molecule is C[C@@H](/C=C/CC(=O)N1CCC[C@H]1CO)[C@]1(O)C(=O)N(Cc2cccc(NC(=O)Cc3c[nH]c4ccccc34)c2)c2ccc(NC(=O)Cc3c[nH]c4ccccc34)cc21. The maximum Gasteiger partial charge on any atom is 0.264 e. The molecule has 1 fully saturated rings. The number of aromatic nitrogens is 2. The number of anilines is 3. The first kappa shape index (κ1) is 38.4. The lowest BCUT2D eigenvalue weighted by atomic mass is 9.82. The van der Waals surface area contributed by atoms with E-state index in [9.17, 15) is 29.4 Å². The first-order chi connectivity index (χ1) is 28.1. The number of para-hydroxylation sites is 2. The van der Waals surface area contributed by atoms with Crippen molar-refractivity contribution in [3.8, 4) is 0 Å². The molecular formula is C46H46N6O6. The van der Waals surface area contributed by atoms with E-state index in [1.807, 2.05) is 73.1 Å². The number of aliphatic hydroxyl groups is 2. The zero-order valence-corrected chi connectivity index (χ0v) is 32.2. The van der Waals surface area contributed by atoms with Gasteiger partial charge in [0, 0.05) is 70.0 Å². The van der Waals surface area contributed by atoms with Gasteiger partial charge in [-0.15, -0.1) is 0 Å². The molecule has 0 radical (unpaired) electrons. The maximum absolute atomic E-state index is 14.5. The molecule has 4 heterocycles. The second-order valence-corrected chi connectivity index (χ2v) is 15.2. The van der Waals surface area contributed by atoms with Crippen LogP contribution in [0.4, 0.5) is 17.1 Å². The first-order valence-electron chi connectivity index (χ1n) is 19.7. The highest BCUT2D eigenvalue weighted by Crippen LogP contribution is 2.47. The second kappa shape index (κ2) is 16.2. The highest BCUT2D eigenvalue weighted by Gasteiger charge is 2.52. The van der Waals surface area contributed by atoms with Crippen molar-refractivity contribution in [3.63, 3.8) is 0 Å². The van der Waals surface area contributed by atoms with Gasteiger partial charge in [0.15, 0.2) is 5.60 Å². The molecule has 8 rings (SSSR count). The summed E-state index contributed by atoms with van der Waals surface area (Å²) in [5, 5.41) is 30.1. The van der Waals surface area contributed by atoms with Gasteiger partial charge in [0.25, 0.3) is 5.91 Å². The van der Waals surface area contributed by atoms with Gasteiger partial charge in [-0.2, -0.15) is 0 Å². The van der Waals surface area contributed by atoms with Gasteiger partial charge < -0.3 is 40.6 Å². The fourth-order valence-electron chi connectivity index (χ4n) is 8.41. The molecule has 1 saturated heterocycles. The molecule has 12 heteroatoms. The van der Waals surface area contributed by atoms with Crippen molar-refractivity contribution in [1.29, 1.82) is 0 Å². The van der Waals surface area contributed by atoms with Gasteiger partial charge in [-0.25, -0.2) is 0 Å². The molecule has 0 unspecified atom stereocenters. The quantitative estimate of drug-likeness (QED) is 0.0751. The van der Waals surface area contributed by atoms with Gasteiger partial charge in [0.1, 0.15) is 0 Å². The van der Waals surface area contributed by atoms with Crippen LogP contribution in [0.25, 0.3) is 21.8 Å². The molecule has 2 aliphatic rings. The predicted molar refractivity (Wildman–Crippen MR) is 224 cm³/mol. The molecule has 6 aromatic rings. The molecule has 12 nitrogen and oxygen atoms in total. The number of fused-ring (bicyclic) bond motifs is 3. The minimum Gasteiger partial charge on any atom is -0.394 e. The topological polar surface area (TPSA) is 171 Å². The minimum atomic E-state index is -2.03. The van der Waals surface area contributed by atoms with Gasteiger partial charge in [0.05, 0.1) is 37.7 Å². The maximum atomic E-state index is 14.5. The van der Waals surface area contributed by atoms with Crippen LogP contribution >= 0.6 is 0 Å². The number of carbonyl (C=O) groups is 4. The molecular weight excluding hydrogens is 733 g/mol. The summed E-state index contributed by atoms with van der Waals surface area (Å²) >= 11 is 0. The van der Waals surface area contributed by atoms with Crippen LogP contribution in [0.5, 0.6) is 0 Å². The molecule has 4 aromatic carbocycles. The van der Waals surface area contributed by atoms with Crippen molar-refractivity contribution in [3.05, 3.63) is 138 Å². The third kappa shape index (κ3) is 7.51. The number of nitrogens with zero attached hydrogens (tertiary/aromatic N) is 2. The molecule has 0 bridgehead atoms. The Morgan fingerprint density at radius 3 is 2.16 bits per heavy atom. The van der Waals surface area contributed by atoms with E-state index < -0.39 is 17.4 Å². The van der Waals surface area contributed by atoms with Crippen molar-refractivity contribution in [1.82, 2.24) is 14.9 Å². The summed E-state index contributed by atoms with van der Waals surface area (Å²) in [7, 11) is 0. The van der Waals surface area contributed by atoms with Crippen LogP contribution in [0, 0.1) is 5.92 Å². The molecule has 0 saturated carbocycles. The number of rotatable bonds is 13. The Balaban J connectivity index is 1.03. The second-order valence-electron chi connectivity index (χ2n) is 15.2. The summed E-state index contributed by atoms with van der Waals surface area (Å²) in [6.07, 6.45) is 8.95. The van der Waals surface area contributed by atoms with Gasteiger partial charge >= 0.3 is 0 Å². The van der Waals surface area contributed by atoms with Crippen LogP contribution < -0.4 is 15.5 Å². The monoisotopic (exact) mass is 778 g/mol. The Labute approximate surface area is 335 Å². The number of hydrogen-bond donors (Lipinski definition) is 6. The smallest absolute Gasteiger partial charge is 0.264 e. The van der Waals surface area contributed by atoms with Crippen molar-refractivity contribution in [2.24, 2.45) is 5.92 Å². The van der Waals surface area contributed by atoms with E-state index in [0.29, 0.717) is 29.2 Å². The normalized spacial score (nSPS) is 18.3. The Morgan fingerprint density at radius 1 is 0.862 bits per heavy atom. The molecule has 0 aliphatic carbocycles. The molecule has 3 atom stereocenters. The number of aromatic amines is 2. The standard InChI is InChI=1S/C46H46N6O6/c1-29(9-6-17-44(56)51-20-8-12-35(51)28-53)46(58)38-24-34(50-43(55)23-32-26-48-40-16-5-3-14-37(32)40)18-19-41(38)52(45(46)57)27-30-10-7-11-33(21-30)49-42(54)22-31-25-47-39-15-4-2-13-36(31)39/h2-7,9-11,13-16,18-19,21,24-26,29,35,47-48,53,58H,8,12,17,20,22-23,27-28H2,1H3,(H,49,54)(H,50,55)/b9-6+/t29-,35-,46+/m0/s1. The largest absolute Gasteiger partial charge is 0.394 e. The van der Waals surface area contributed by atoms with Crippen LogP contribution in [0.15, 0.2) is 116 Å². The molecule has 0 spiro atoms. The number of H-pyrrole nitrogens is 2. The molecule has 296 valence electrons. The Bertz CT molecular complexity index is 2560. The highest BCUT2D eigenvalue weighted by molar-refractivity contribution is 6.08. The lowest BCUT2D eigenvalue weighted by Crippen LogP contribution is -2.44. The summed E-state index contributed by atoms with van der Waals surface area (Å²) in [5.41, 5.74) is 4.12. The zero-order valence-electron chi connectivity index (χ0n) is 32.2. The summed E-state index contributed by atoms with van der Waals surface area (Å²) in [6, 6.07) is 27.7. The summed E-state index contributed by atoms with van der Waals surface area (Å²) < 4.78 is 0. The summed E-state index contributed by atoms with van der Waals surface area (Å²) in [5.74, 6) is -1.89. The number of benzene rings is 4. The fraction of sp³-hybridized carbons (Fsp3) is 0.261. The van der Waals surface area contributed by atoms with Crippen LogP contribution in [-0.4, -0.2) is 67.9 Å². The number of likely N-dealkylation sites (tertiary alicyclic amines) is 1. The average Bonchev–Trinajstić information content (AvgIpc) is 4.01. The van der Waals surface area contributed by atoms with E-state index >= 15 is 0 Å². The fourth-order valence-corrected chi connectivity index (χ4v) is 8.41. The van der Waals surface area contributed by atoms with Gasteiger partial charge in [-0.3, -0.25) is 19.2 Å². The lowest BCUT2D eigenvalue weighted by Gasteiger charge is -2.28. The highest BCUT2D eigenvalue weighted by atomic mass is 16.3. The molecule has 4 amide bonds. The van der Waals surface area contributed by atoms with Crippen LogP contribution in [0.1, 0.15) is 48.4 Å². The lowest BCUT2D eigenvalue weighted by molar-refractivity contribution is -0.139. The Hall–Kier alpha value is -6.50. The van der Waals surface area contributed by atoms with Crippen molar-refractivity contribution in [2.45, 2.75) is 57.2 Å². The molecule has 2 aliphatic heterocycles. The zero-order chi connectivity index (χ0) is 40.4. The minimum absolute atomic E-state index is 0.0600. The van der Waals surface area contributed by atoms with Crippen molar-refractivity contribution < 1.29 is 29.4 Å². The van der Waals surface area contributed by atoms with E-state index in [4.69, 9.17) is 0 Å². The number of carbonyl (C=O) groups excluding carboxylic acids is 4. The Kier molecular flexibility index (Phi) is 10.7. The predicted octanol–water partition coefficient (Wildman–Crippen LogP) is 6.31. The van der Waals surface area contributed by atoms with Gasteiger partial charge in [-0.1, -0.05) is 67.6 Å². The average molecular weight is 779 g/mol. The molecule has 2 aromatic heterocycles. The number of hydrogen-bond acceptors (Lipinski definition) is 6. The third-order valence-corrected chi connectivity index (χ3v) is 11.4. The van der Waals surface area contributed by atoms with Crippen LogP contribution in [0.3, 0.4) is 0 Å². The van der Waals surface area contributed by atoms with Gasteiger partial charge in [0.2, 0.25) is 17.7 Å². The van der Waals surface area contributed by atoms with E-state index in [2.05, 4.69) is 20.6 Å². The number of aliphatic hydroxyl groups excluding tert-OH is 1. The first-order valence-corrected chi connectivity index (χ1v) is 19.7. The molecule has 6 N–H and O–H groups in total. The van der Waals surface area contributed by atoms with Gasteiger partial charge in [-0.05, 0) is 72.0 Å². The van der Waals surface area contributed by atoms with Crippen molar-refractivity contribution in [2.75, 3.05) is 28.7 Å². The number of nitrogens with one attached hydrogen (secondary N) is 4. The van der Waals surface area contributed by atoms with Crippen LogP contribution in [-0.2, 0) is 44.2 Å². The number of amides is 4. The summed E-state index contributed by atoms with van der Waals surface area (Å²) in [4.78, 5) is 63.6. The van der Waals surface area contributed by atoms with E-state index in [1.54, 1.807) is 54.3 Å². The molecule has 58 heavy (non-hydrogen) atoms. The third-order valence-electron chi connectivity index (χ3n) is 11.4. The van der Waals surface area contributed by atoms with E-state index in [-0.39, 0.29) is 56.2 Å². The van der Waals surface area contributed by atoms with E-state index in [0.717, 1.165) is 51.3 Å². The van der Waals surface area contributed by atoms with Crippen molar-refractivity contribution >= 4 is 62.5 Å². The Morgan fingerprint density at radius 2 is 1.50 bits per heavy atom. The van der Waals surface area contributed by atoms with Crippen LogP contribution in [0.2, 0.25) is 0 Å². The van der Waals surface area contributed by atoms with E-state index in [1.165, 1.54) is 4.90 Å². The summed E-state index contributed by atoms with van der Waals surface area (Å²) in [6.45, 7) is 2.32.